The first-order valence-corrected chi connectivity index (χ1v) is 9.62. The van der Waals surface area contributed by atoms with Crippen molar-refractivity contribution in [2.45, 2.75) is 26.3 Å². The molecule has 150 valence electrons. The minimum absolute atomic E-state index is 0.0924. The van der Waals surface area contributed by atoms with Gasteiger partial charge in [0, 0.05) is 11.8 Å². The summed E-state index contributed by atoms with van der Waals surface area (Å²) in [7, 11) is 0. The Kier molecular flexibility index (Phi) is 4.77. The van der Waals surface area contributed by atoms with E-state index in [-0.39, 0.29) is 22.7 Å². The number of aryl methyl sites for hydroxylation is 1. The molecule has 0 fully saturated rings. The Labute approximate surface area is 167 Å². The van der Waals surface area contributed by atoms with E-state index >= 15 is 0 Å². The molecule has 1 aliphatic heterocycles. The average molecular weight is 420 g/mol. The molecular formula is C20H15F3N2O3S. The van der Waals surface area contributed by atoms with Gasteiger partial charge in [-0.25, -0.2) is 18.2 Å². The molecule has 1 atom stereocenters. The fourth-order valence-electron chi connectivity index (χ4n) is 3.60. The monoisotopic (exact) mass is 420 g/mol. The zero-order valence-electron chi connectivity index (χ0n) is 15.2. The highest BCUT2D eigenvalue weighted by Gasteiger charge is 2.35. The number of amides is 1. The first kappa shape index (κ1) is 19.4. The van der Waals surface area contributed by atoms with Crippen molar-refractivity contribution in [3.8, 4) is 0 Å². The Morgan fingerprint density at radius 1 is 1.28 bits per heavy atom. The van der Waals surface area contributed by atoms with Gasteiger partial charge < -0.3 is 10.0 Å². The second kappa shape index (κ2) is 7.14. The van der Waals surface area contributed by atoms with E-state index < -0.39 is 40.8 Å². The van der Waals surface area contributed by atoms with Gasteiger partial charge in [0.1, 0.15) is 16.3 Å². The summed E-state index contributed by atoms with van der Waals surface area (Å²) in [6.07, 6.45) is -0.0238. The molecule has 1 N–H and O–H groups in total. The molecule has 1 unspecified atom stereocenters. The average Bonchev–Trinajstić information content (AvgIpc) is 3.07. The Balaban J connectivity index is 1.76. The number of carbonyl (C=O) groups excluding carboxylic acids is 1. The molecule has 3 aromatic rings. The van der Waals surface area contributed by atoms with Gasteiger partial charge in [0.25, 0.3) is 0 Å². The van der Waals surface area contributed by atoms with Gasteiger partial charge >= 0.3 is 5.97 Å². The molecule has 29 heavy (non-hydrogen) atoms. The van der Waals surface area contributed by atoms with Crippen LogP contribution in [0, 0.1) is 30.3 Å². The molecule has 1 aromatic heterocycles. The zero-order chi connectivity index (χ0) is 20.9. The van der Waals surface area contributed by atoms with Crippen LogP contribution in [-0.2, 0) is 22.6 Å². The Morgan fingerprint density at radius 2 is 2.03 bits per heavy atom. The second-order valence-electron chi connectivity index (χ2n) is 6.99. The standard InChI is InChI=1S/C20H15F3N2O3S/c1-9-2-3-14-10(4-9)5-11(6-16(26)27)20(28)25(14)8-15-24-18-17(23)12(21)7-13(22)19(18)29-15/h2-4,7,11H,5-6,8H2,1H3,(H,26,27). The highest BCUT2D eigenvalue weighted by molar-refractivity contribution is 7.18. The number of thiazole rings is 1. The van der Waals surface area contributed by atoms with Crippen molar-refractivity contribution in [1.82, 2.24) is 4.98 Å². The number of hydrogen-bond donors (Lipinski definition) is 1. The van der Waals surface area contributed by atoms with Gasteiger partial charge in [-0.05, 0) is 25.0 Å². The lowest BCUT2D eigenvalue weighted by Gasteiger charge is -2.33. The molecule has 0 radical (unpaired) electrons. The minimum Gasteiger partial charge on any atom is -0.481 e. The second-order valence-corrected chi connectivity index (χ2v) is 8.08. The number of benzene rings is 2. The van der Waals surface area contributed by atoms with Crippen molar-refractivity contribution in [1.29, 1.82) is 0 Å². The predicted octanol–water partition coefficient (Wildman–Crippen LogP) is 4.20. The van der Waals surface area contributed by atoms with Crippen molar-refractivity contribution in [2.24, 2.45) is 5.92 Å². The molecule has 2 aromatic carbocycles. The molecule has 2 heterocycles. The minimum atomic E-state index is -1.33. The van der Waals surface area contributed by atoms with E-state index in [1.54, 1.807) is 6.07 Å². The number of rotatable bonds is 4. The molecule has 0 spiro atoms. The van der Waals surface area contributed by atoms with Crippen molar-refractivity contribution in [3.63, 3.8) is 0 Å². The molecule has 0 bridgehead atoms. The summed E-state index contributed by atoms with van der Waals surface area (Å²) >= 11 is 0.832. The van der Waals surface area contributed by atoms with Crippen molar-refractivity contribution < 1.29 is 27.9 Å². The van der Waals surface area contributed by atoms with Gasteiger partial charge in [0.15, 0.2) is 11.6 Å². The molecule has 5 nitrogen and oxygen atoms in total. The van der Waals surface area contributed by atoms with Crippen molar-refractivity contribution in [2.75, 3.05) is 4.90 Å². The lowest BCUT2D eigenvalue weighted by molar-refractivity contribution is -0.140. The molecule has 0 saturated carbocycles. The van der Waals surface area contributed by atoms with E-state index in [0.717, 1.165) is 22.5 Å². The van der Waals surface area contributed by atoms with Crippen LogP contribution in [-0.4, -0.2) is 22.0 Å². The Morgan fingerprint density at radius 3 is 2.76 bits per heavy atom. The Hall–Kier alpha value is -2.94. The van der Waals surface area contributed by atoms with Crippen LogP contribution in [0.3, 0.4) is 0 Å². The number of nitrogens with zero attached hydrogens (tertiary/aromatic N) is 2. The summed E-state index contributed by atoms with van der Waals surface area (Å²) in [5.41, 5.74) is 1.97. The largest absolute Gasteiger partial charge is 0.481 e. The summed E-state index contributed by atoms with van der Waals surface area (Å²) < 4.78 is 41.3. The first-order valence-electron chi connectivity index (χ1n) is 8.80. The fourth-order valence-corrected chi connectivity index (χ4v) is 4.55. The van der Waals surface area contributed by atoms with Gasteiger partial charge in [-0.1, -0.05) is 17.7 Å². The van der Waals surface area contributed by atoms with E-state index in [2.05, 4.69) is 4.98 Å². The first-order chi connectivity index (χ1) is 13.7. The molecule has 0 saturated heterocycles. The highest BCUT2D eigenvalue weighted by Crippen LogP contribution is 2.36. The maximum Gasteiger partial charge on any atom is 0.304 e. The number of anilines is 1. The van der Waals surface area contributed by atoms with E-state index in [4.69, 9.17) is 5.11 Å². The number of carbonyl (C=O) groups is 2. The number of carboxylic acids is 1. The molecule has 1 aliphatic rings. The SMILES string of the molecule is Cc1ccc2c(c1)CC(CC(=O)O)C(=O)N2Cc1nc2c(F)c(F)cc(F)c2s1. The summed E-state index contributed by atoms with van der Waals surface area (Å²) in [6.45, 7) is 1.80. The molecule has 4 rings (SSSR count). The third-order valence-corrected chi connectivity index (χ3v) is 5.93. The zero-order valence-corrected chi connectivity index (χ0v) is 16.0. The summed E-state index contributed by atoms with van der Waals surface area (Å²) in [6, 6.07) is 5.93. The lowest BCUT2D eigenvalue weighted by atomic mass is 9.88. The van der Waals surface area contributed by atoms with E-state index in [9.17, 15) is 22.8 Å². The summed E-state index contributed by atoms with van der Waals surface area (Å²) in [5.74, 6) is -5.72. The van der Waals surface area contributed by atoms with Crippen LogP contribution >= 0.6 is 11.3 Å². The maximum absolute atomic E-state index is 14.0. The smallest absolute Gasteiger partial charge is 0.304 e. The van der Waals surface area contributed by atoms with Gasteiger partial charge in [-0.2, -0.15) is 0 Å². The third-order valence-electron chi connectivity index (χ3n) is 4.88. The van der Waals surface area contributed by atoms with Crippen LogP contribution < -0.4 is 4.90 Å². The van der Waals surface area contributed by atoms with E-state index in [1.165, 1.54) is 4.90 Å². The van der Waals surface area contributed by atoms with Crippen LogP contribution in [0.15, 0.2) is 24.3 Å². The molecule has 1 amide bonds. The number of halogens is 3. The van der Waals surface area contributed by atoms with Gasteiger partial charge in [0.05, 0.1) is 23.6 Å². The summed E-state index contributed by atoms with van der Waals surface area (Å²) in [5, 5.41) is 9.37. The van der Waals surface area contributed by atoms with Crippen LogP contribution in [0.5, 0.6) is 0 Å². The van der Waals surface area contributed by atoms with Gasteiger partial charge in [-0.3, -0.25) is 9.59 Å². The van der Waals surface area contributed by atoms with E-state index in [1.807, 2.05) is 19.1 Å². The van der Waals surface area contributed by atoms with Crippen molar-refractivity contribution >= 4 is 39.1 Å². The molecular weight excluding hydrogens is 405 g/mol. The fraction of sp³-hybridized carbons (Fsp3) is 0.250. The normalized spacial score (nSPS) is 16.3. The number of fused-ring (bicyclic) bond motifs is 2. The number of carboxylic acid groups (broad SMARTS) is 1. The maximum atomic E-state index is 14.0. The van der Waals surface area contributed by atoms with Gasteiger partial charge in [-0.15, -0.1) is 11.3 Å². The molecule has 9 heteroatoms. The molecule has 0 aliphatic carbocycles. The number of hydrogen-bond acceptors (Lipinski definition) is 4. The summed E-state index contributed by atoms with van der Waals surface area (Å²) in [4.78, 5) is 29.5. The topological polar surface area (TPSA) is 70.5 Å². The van der Waals surface area contributed by atoms with Crippen LogP contribution in [0.2, 0.25) is 0 Å². The van der Waals surface area contributed by atoms with Gasteiger partial charge in [0.2, 0.25) is 5.91 Å². The lowest BCUT2D eigenvalue weighted by Crippen LogP contribution is -2.41. The third kappa shape index (κ3) is 3.46. The Bertz CT molecular complexity index is 1160. The number of aromatic nitrogens is 1. The van der Waals surface area contributed by atoms with Crippen LogP contribution in [0.25, 0.3) is 10.2 Å². The van der Waals surface area contributed by atoms with E-state index in [0.29, 0.717) is 18.2 Å². The van der Waals surface area contributed by atoms with Crippen LogP contribution in [0.4, 0.5) is 18.9 Å². The predicted molar refractivity (Wildman–Crippen MR) is 101 cm³/mol. The number of aliphatic carboxylic acids is 1. The van der Waals surface area contributed by atoms with Crippen LogP contribution in [0.1, 0.15) is 22.6 Å². The van der Waals surface area contributed by atoms with Crippen molar-refractivity contribution in [3.05, 3.63) is 57.9 Å². The highest BCUT2D eigenvalue weighted by atomic mass is 32.1. The quantitative estimate of drug-likeness (QED) is 0.642.